The van der Waals surface area contributed by atoms with Gasteiger partial charge in [-0.05, 0) is 53.1 Å². The highest BCUT2D eigenvalue weighted by Gasteiger charge is 2.28. The van der Waals surface area contributed by atoms with Crippen molar-refractivity contribution in [3.05, 3.63) is 95.4 Å². The fourth-order valence-electron chi connectivity index (χ4n) is 4.25. The summed E-state index contributed by atoms with van der Waals surface area (Å²) in [6.45, 7) is 0.526. The maximum absolute atomic E-state index is 13.7. The van der Waals surface area contributed by atoms with E-state index in [0.29, 0.717) is 6.54 Å². The van der Waals surface area contributed by atoms with Crippen molar-refractivity contribution in [3.63, 3.8) is 0 Å². The van der Waals surface area contributed by atoms with Gasteiger partial charge >= 0.3 is 0 Å². The Bertz CT molecular complexity index is 1240. The molecule has 1 amide bonds. The van der Waals surface area contributed by atoms with Crippen molar-refractivity contribution >= 4 is 22.5 Å². The fourth-order valence-corrected chi connectivity index (χ4v) is 4.25. The summed E-state index contributed by atoms with van der Waals surface area (Å²) in [6, 6.07) is 19.5. The summed E-state index contributed by atoms with van der Waals surface area (Å²) >= 11 is 0. The first-order chi connectivity index (χ1) is 14.1. The molecule has 5 heteroatoms. The predicted molar refractivity (Wildman–Crippen MR) is 111 cm³/mol. The molecule has 0 radical (unpaired) electrons. The number of anilines is 1. The smallest absolute Gasteiger partial charge is 0.225 e. The van der Waals surface area contributed by atoms with E-state index in [4.69, 9.17) is 0 Å². The highest BCUT2D eigenvalue weighted by molar-refractivity contribution is 6.06. The van der Waals surface area contributed by atoms with Gasteiger partial charge < -0.3 is 15.0 Å². The lowest BCUT2D eigenvalue weighted by Gasteiger charge is -2.14. The number of hydrogen-bond donors (Lipinski definition) is 2. The molecule has 0 fully saturated rings. The number of aromatic nitrogens is 1. The van der Waals surface area contributed by atoms with Gasteiger partial charge in [0.15, 0.2) is 0 Å². The molecule has 5 rings (SSSR count). The van der Waals surface area contributed by atoms with Crippen LogP contribution in [-0.2, 0) is 11.3 Å². The number of nitrogens with one attached hydrogen (secondary N) is 1. The summed E-state index contributed by atoms with van der Waals surface area (Å²) in [5.74, 6) is -0.317. The van der Waals surface area contributed by atoms with E-state index in [1.807, 2.05) is 36.5 Å². The number of halogens is 1. The summed E-state index contributed by atoms with van der Waals surface area (Å²) in [5, 5.41) is 14.0. The maximum atomic E-state index is 13.7. The first kappa shape index (κ1) is 17.5. The first-order valence-corrected chi connectivity index (χ1v) is 9.53. The topological polar surface area (TPSA) is 54.3 Å². The van der Waals surface area contributed by atoms with Crippen molar-refractivity contribution in [3.8, 4) is 5.75 Å². The van der Waals surface area contributed by atoms with Gasteiger partial charge in [0, 0.05) is 30.5 Å². The molecule has 3 aromatic carbocycles. The number of phenols is 1. The fraction of sp³-hybridized carbons (Fsp3) is 0.125. The standard InChI is InChI=1S/C24H19FN2O2/c25-17-6-1-4-15(10-17)13-27-14-20-19(16-5-2-7-18(28)11-16)12-23(29)26-21-8-3-9-22(27)24(20)21/h1-11,14,19,28H,12-13H2,(H,26,29)/t19-/m0/s1. The second-order valence-corrected chi connectivity index (χ2v) is 7.44. The van der Waals surface area contributed by atoms with E-state index in [2.05, 4.69) is 9.88 Å². The molecular weight excluding hydrogens is 367 g/mol. The highest BCUT2D eigenvalue weighted by Crippen LogP contribution is 2.41. The van der Waals surface area contributed by atoms with Crippen LogP contribution in [0.15, 0.2) is 72.9 Å². The van der Waals surface area contributed by atoms with Crippen LogP contribution in [0.2, 0.25) is 0 Å². The van der Waals surface area contributed by atoms with E-state index in [1.165, 1.54) is 12.1 Å². The first-order valence-electron chi connectivity index (χ1n) is 9.53. The molecule has 29 heavy (non-hydrogen) atoms. The molecule has 0 saturated heterocycles. The normalized spacial score (nSPS) is 15.9. The van der Waals surface area contributed by atoms with Crippen LogP contribution in [0, 0.1) is 5.82 Å². The van der Waals surface area contributed by atoms with Crippen LogP contribution >= 0.6 is 0 Å². The predicted octanol–water partition coefficient (Wildman–Crippen LogP) is 5.01. The van der Waals surface area contributed by atoms with Gasteiger partial charge in [0.2, 0.25) is 5.91 Å². The zero-order valence-corrected chi connectivity index (χ0v) is 15.6. The van der Waals surface area contributed by atoms with Crippen molar-refractivity contribution in [1.29, 1.82) is 0 Å². The van der Waals surface area contributed by atoms with Crippen LogP contribution in [0.25, 0.3) is 10.9 Å². The molecule has 0 unspecified atom stereocenters. The molecule has 4 nitrogen and oxygen atoms in total. The van der Waals surface area contributed by atoms with E-state index in [0.717, 1.165) is 33.3 Å². The van der Waals surface area contributed by atoms with Crippen molar-refractivity contribution in [2.45, 2.75) is 18.9 Å². The molecule has 0 aliphatic carbocycles. The minimum absolute atomic E-state index is 0.0567. The average Bonchev–Trinajstić information content (AvgIpc) is 2.98. The number of benzene rings is 3. The van der Waals surface area contributed by atoms with E-state index < -0.39 is 0 Å². The Morgan fingerprint density at radius 2 is 1.90 bits per heavy atom. The monoisotopic (exact) mass is 386 g/mol. The van der Waals surface area contributed by atoms with Crippen molar-refractivity contribution in [2.75, 3.05) is 5.32 Å². The third kappa shape index (κ3) is 3.14. The SMILES string of the molecule is O=C1C[C@@H](c2cccc(O)c2)c2cn(Cc3cccc(F)c3)c3cccc(c23)N1. The second-order valence-electron chi connectivity index (χ2n) is 7.44. The summed E-state index contributed by atoms with van der Waals surface area (Å²) in [5.41, 5.74) is 4.55. The van der Waals surface area contributed by atoms with E-state index >= 15 is 0 Å². The molecule has 2 N–H and O–H groups in total. The van der Waals surface area contributed by atoms with Gasteiger partial charge in [-0.1, -0.05) is 30.3 Å². The van der Waals surface area contributed by atoms with Crippen molar-refractivity contribution in [1.82, 2.24) is 4.57 Å². The molecule has 1 atom stereocenters. The largest absolute Gasteiger partial charge is 0.508 e. The Balaban J connectivity index is 1.69. The minimum Gasteiger partial charge on any atom is -0.508 e. The molecule has 0 bridgehead atoms. The number of carbonyl (C=O) groups is 1. The molecule has 0 saturated carbocycles. The van der Waals surface area contributed by atoms with Gasteiger partial charge in [-0.2, -0.15) is 0 Å². The molecule has 4 aromatic rings. The van der Waals surface area contributed by atoms with Crippen LogP contribution in [0.4, 0.5) is 10.1 Å². The Morgan fingerprint density at radius 3 is 2.72 bits per heavy atom. The van der Waals surface area contributed by atoms with Gasteiger partial charge in [-0.3, -0.25) is 4.79 Å². The lowest BCUT2D eigenvalue weighted by atomic mass is 9.88. The molecule has 1 aliphatic heterocycles. The lowest BCUT2D eigenvalue weighted by Crippen LogP contribution is -2.13. The van der Waals surface area contributed by atoms with Crippen molar-refractivity contribution in [2.24, 2.45) is 0 Å². The van der Waals surface area contributed by atoms with Crippen LogP contribution in [0.5, 0.6) is 5.75 Å². The molecule has 0 spiro atoms. The second kappa shape index (κ2) is 6.78. The Kier molecular flexibility index (Phi) is 4.09. The molecule has 1 aromatic heterocycles. The van der Waals surface area contributed by atoms with Crippen molar-refractivity contribution < 1.29 is 14.3 Å². The van der Waals surface area contributed by atoms with Crippen LogP contribution in [-0.4, -0.2) is 15.6 Å². The third-order valence-electron chi connectivity index (χ3n) is 5.49. The van der Waals surface area contributed by atoms with Crippen LogP contribution < -0.4 is 5.32 Å². The number of amides is 1. The Morgan fingerprint density at radius 1 is 1.07 bits per heavy atom. The Labute approximate surface area is 167 Å². The van der Waals surface area contributed by atoms with Crippen LogP contribution in [0.1, 0.15) is 29.0 Å². The van der Waals surface area contributed by atoms with E-state index in [9.17, 15) is 14.3 Å². The van der Waals surface area contributed by atoms with E-state index in [-0.39, 0.29) is 29.8 Å². The summed E-state index contributed by atoms with van der Waals surface area (Å²) in [6.07, 6.45) is 2.34. The number of aromatic hydroxyl groups is 1. The molecule has 1 aliphatic rings. The van der Waals surface area contributed by atoms with Gasteiger partial charge in [-0.25, -0.2) is 4.39 Å². The van der Waals surface area contributed by atoms with Gasteiger partial charge in [-0.15, -0.1) is 0 Å². The zero-order chi connectivity index (χ0) is 20.0. The third-order valence-corrected chi connectivity index (χ3v) is 5.49. The van der Waals surface area contributed by atoms with Crippen LogP contribution in [0.3, 0.4) is 0 Å². The highest BCUT2D eigenvalue weighted by atomic mass is 19.1. The molecule has 2 heterocycles. The number of hydrogen-bond acceptors (Lipinski definition) is 2. The number of carbonyl (C=O) groups excluding carboxylic acids is 1. The van der Waals surface area contributed by atoms with Gasteiger partial charge in [0.05, 0.1) is 11.2 Å². The summed E-state index contributed by atoms with van der Waals surface area (Å²) in [4.78, 5) is 12.5. The summed E-state index contributed by atoms with van der Waals surface area (Å²) < 4.78 is 15.8. The van der Waals surface area contributed by atoms with E-state index in [1.54, 1.807) is 24.3 Å². The number of nitrogens with zero attached hydrogens (tertiary/aromatic N) is 1. The lowest BCUT2D eigenvalue weighted by molar-refractivity contribution is -0.116. The van der Waals surface area contributed by atoms with Gasteiger partial charge in [0.1, 0.15) is 11.6 Å². The Hall–Kier alpha value is -3.60. The number of rotatable bonds is 3. The average molecular weight is 386 g/mol. The molecule has 144 valence electrons. The molecular formula is C24H19FN2O2. The number of phenolic OH excluding ortho intramolecular Hbond substituents is 1. The zero-order valence-electron chi connectivity index (χ0n) is 15.6. The quantitative estimate of drug-likeness (QED) is 0.520. The summed E-state index contributed by atoms with van der Waals surface area (Å²) in [7, 11) is 0. The minimum atomic E-state index is -0.258. The maximum Gasteiger partial charge on any atom is 0.225 e. The van der Waals surface area contributed by atoms with Gasteiger partial charge in [0.25, 0.3) is 0 Å².